The van der Waals surface area contributed by atoms with Crippen LogP contribution in [0.2, 0.25) is 0 Å². The van der Waals surface area contributed by atoms with Gasteiger partial charge in [0.1, 0.15) is 17.3 Å². The fraction of sp³-hybridized carbons (Fsp3) is 0.500. The van der Waals surface area contributed by atoms with Crippen LogP contribution in [0.5, 0.6) is 0 Å². The van der Waals surface area contributed by atoms with Crippen LogP contribution >= 0.6 is 0 Å². The SMILES string of the molecule is Cc1ccc(F)cc1C(O)C1(C#N)CCCOC1. The number of hydrogen-bond acceptors (Lipinski definition) is 3. The van der Waals surface area contributed by atoms with Crippen LogP contribution in [0.3, 0.4) is 0 Å². The number of benzene rings is 1. The Bertz CT molecular complexity index is 475. The highest BCUT2D eigenvalue weighted by molar-refractivity contribution is 5.31. The van der Waals surface area contributed by atoms with Crippen LogP contribution in [0.15, 0.2) is 18.2 Å². The smallest absolute Gasteiger partial charge is 0.123 e. The molecule has 1 fully saturated rings. The molecular weight excluding hydrogens is 233 g/mol. The van der Waals surface area contributed by atoms with Gasteiger partial charge < -0.3 is 9.84 Å². The first-order valence-corrected chi connectivity index (χ1v) is 6.02. The summed E-state index contributed by atoms with van der Waals surface area (Å²) in [4.78, 5) is 0. The summed E-state index contributed by atoms with van der Waals surface area (Å²) in [6.45, 7) is 2.60. The number of aliphatic hydroxyl groups excluding tert-OH is 1. The van der Waals surface area contributed by atoms with Crippen molar-refractivity contribution >= 4 is 0 Å². The number of halogens is 1. The Kier molecular flexibility index (Phi) is 3.65. The molecule has 2 unspecified atom stereocenters. The molecule has 1 saturated heterocycles. The van der Waals surface area contributed by atoms with E-state index in [9.17, 15) is 14.8 Å². The summed E-state index contributed by atoms with van der Waals surface area (Å²) < 4.78 is 18.6. The summed E-state index contributed by atoms with van der Waals surface area (Å²) in [6.07, 6.45) is 0.290. The molecule has 0 amide bonds. The second-order valence-corrected chi connectivity index (χ2v) is 4.83. The van der Waals surface area contributed by atoms with Crippen molar-refractivity contribution in [1.29, 1.82) is 5.26 Å². The lowest BCUT2D eigenvalue weighted by atomic mass is 9.75. The van der Waals surface area contributed by atoms with Gasteiger partial charge in [0.2, 0.25) is 0 Å². The summed E-state index contributed by atoms with van der Waals surface area (Å²) in [7, 11) is 0. The van der Waals surface area contributed by atoms with Crippen molar-refractivity contribution in [3.05, 3.63) is 35.1 Å². The van der Waals surface area contributed by atoms with Gasteiger partial charge in [-0.25, -0.2) is 4.39 Å². The second kappa shape index (κ2) is 5.05. The minimum atomic E-state index is -1.02. The monoisotopic (exact) mass is 249 g/mol. The van der Waals surface area contributed by atoms with E-state index in [0.29, 0.717) is 18.6 Å². The van der Waals surface area contributed by atoms with E-state index < -0.39 is 17.3 Å². The van der Waals surface area contributed by atoms with Crippen LogP contribution in [-0.2, 0) is 4.74 Å². The molecule has 0 radical (unpaired) electrons. The molecule has 0 spiro atoms. The van der Waals surface area contributed by atoms with Gasteiger partial charge in [-0.1, -0.05) is 6.07 Å². The molecule has 0 bridgehead atoms. The Hall–Kier alpha value is -1.44. The number of nitrogens with zero attached hydrogens (tertiary/aromatic N) is 1. The summed E-state index contributed by atoms with van der Waals surface area (Å²) in [5.41, 5.74) is 0.294. The summed E-state index contributed by atoms with van der Waals surface area (Å²) in [6, 6.07) is 6.43. The van der Waals surface area contributed by atoms with Gasteiger partial charge in [-0.3, -0.25) is 0 Å². The average molecular weight is 249 g/mol. The van der Waals surface area contributed by atoms with Gasteiger partial charge in [0.05, 0.1) is 12.7 Å². The lowest BCUT2D eigenvalue weighted by Gasteiger charge is -2.35. The molecule has 2 rings (SSSR count). The normalized spacial score (nSPS) is 25.4. The van der Waals surface area contributed by atoms with E-state index in [1.54, 1.807) is 13.0 Å². The highest BCUT2D eigenvalue weighted by Gasteiger charge is 2.41. The lowest BCUT2D eigenvalue weighted by Crippen LogP contribution is -2.36. The van der Waals surface area contributed by atoms with Crippen molar-refractivity contribution in [2.75, 3.05) is 13.2 Å². The zero-order chi connectivity index (χ0) is 13.2. The molecule has 0 aliphatic carbocycles. The number of rotatable bonds is 2. The van der Waals surface area contributed by atoms with Crippen LogP contribution in [-0.4, -0.2) is 18.3 Å². The lowest BCUT2D eigenvalue weighted by molar-refractivity contribution is -0.0508. The maximum absolute atomic E-state index is 13.3. The molecule has 2 atom stereocenters. The molecule has 1 aliphatic rings. The predicted octanol–water partition coefficient (Wildman–Crippen LogP) is 2.49. The molecular formula is C14H16FNO2. The standard InChI is InChI=1S/C14H16FNO2/c1-10-3-4-11(15)7-12(10)13(17)14(8-16)5-2-6-18-9-14/h3-4,7,13,17H,2,5-6,9H2,1H3. The first kappa shape index (κ1) is 13.0. The Morgan fingerprint density at radius 1 is 1.56 bits per heavy atom. The van der Waals surface area contributed by atoms with E-state index in [1.165, 1.54) is 12.1 Å². The van der Waals surface area contributed by atoms with Crippen molar-refractivity contribution in [3.8, 4) is 6.07 Å². The average Bonchev–Trinajstić information content (AvgIpc) is 2.41. The predicted molar refractivity (Wildman–Crippen MR) is 64.2 cm³/mol. The van der Waals surface area contributed by atoms with Crippen molar-refractivity contribution in [1.82, 2.24) is 0 Å². The van der Waals surface area contributed by atoms with Crippen LogP contribution < -0.4 is 0 Å². The molecule has 0 aromatic heterocycles. The van der Waals surface area contributed by atoms with E-state index in [-0.39, 0.29) is 6.61 Å². The fourth-order valence-electron chi connectivity index (χ4n) is 2.38. The summed E-state index contributed by atoms with van der Waals surface area (Å²) >= 11 is 0. The molecule has 1 heterocycles. The van der Waals surface area contributed by atoms with Crippen molar-refractivity contribution in [2.24, 2.45) is 5.41 Å². The first-order valence-electron chi connectivity index (χ1n) is 6.02. The Labute approximate surface area is 106 Å². The summed E-state index contributed by atoms with van der Waals surface area (Å²) in [5.74, 6) is -0.403. The molecule has 3 nitrogen and oxygen atoms in total. The van der Waals surface area contributed by atoms with E-state index in [1.807, 2.05) is 0 Å². The molecule has 1 aromatic rings. The van der Waals surface area contributed by atoms with Gasteiger partial charge >= 0.3 is 0 Å². The number of aliphatic hydroxyl groups is 1. The van der Waals surface area contributed by atoms with Gasteiger partial charge in [-0.05, 0) is 43.0 Å². The number of ether oxygens (including phenoxy) is 1. The Balaban J connectivity index is 2.37. The van der Waals surface area contributed by atoms with Crippen LogP contribution in [0.4, 0.5) is 4.39 Å². The van der Waals surface area contributed by atoms with Gasteiger partial charge in [0.25, 0.3) is 0 Å². The third-order valence-corrected chi connectivity index (χ3v) is 3.55. The molecule has 1 aliphatic heterocycles. The van der Waals surface area contributed by atoms with E-state index in [2.05, 4.69) is 6.07 Å². The molecule has 96 valence electrons. The largest absolute Gasteiger partial charge is 0.387 e. The first-order chi connectivity index (χ1) is 8.59. The molecule has 1 aromatic carbocycles. The van der Waals surface area contributed by atoms with Crippen molar-refractivity contribution < 1.29 is 14.2 Å². The topological polar surface area (TPSA) is 53.2 Å². The minimum absolute atomic E-state index is 0.195. The van der Waals surface area contributed by atoms with Crippen molar-refractivity contribution in [2.45, 2.75) is 25.9 Å². The Morgan fingerprint density at radius 3 is 2.94 bits per heavy atom. The van der Waals surface area contributed by atoms with E-state index in [0.717, 1.165) is 12.0 Å². The van der Waals surface area contributed by atoms with E-state index >= 15 is 0 Å². The second-order valence-electron chi connectivity index (χ2n) is 4.83. The zero-order valence-corrected chi connectivity index (χ0v) is 10.3. The highest BCUT2D eigenvalue weighted by atomic mass is 19.1. The fourth-order valence-corrected chi connectivity index (χ4v) is 2.38. The molecule has 1 N–H and O–H groups in total. The zero-order valence-electron chi connectivity index (χ0n) is 10.3. The third kappa shape index (κ3) is 2.24. The molecule has 18 heavy (non-hydrogen) atoms. The number of aryl methyl sites for hydroxylation is 1. The Morgan fingerprint density at radius 2 is 2.33 bits per heavy atom. The van der Waals surface area contributed by atoms with Gasteiger partial charge in [0.15, 0.2) is 0 Å². The number of nitriles is 1. The highest BCUT2D eigenvalue weighted by Crippen LogP contribution is 2.41. The maximum Gasteiger partial charge on any atom is 0.123 e. The van der Waals surface area contributed by atoms with Gasteiger partial charge in [-0.15, -0.1) is 0 Å². The quantitative estimate of drug-likeness (QED) is 0.876. The van der Waals surface area contributed by atoms with Crippen LogP contribution in [0.1, 0.15) is 30.1 Å². The minimum Gasteiger partial charge on any atom is -0.387 e. The molecule has 0 saturated carbocycles. The van der Waals surface area contributed by atoms with Crippen LogP contribution in [0.25, 0.3) is 0 Å². The van der Waals surface area contributed by atoms with Crippen molar-refractivity contribution in [3.63, 3.8) is 0 Å². The maximum atomic E-state index is 13.3. The van der Waals surface area contributed by atoms with E-state index in [4.69, 9.17) is 4.74 Å². The third-order valence-electron chi connectivity index (χ3n) is 3.55. The van der Waals surface area contributed by atoms with Gasteiger partial charge in [0, 0.05) is 6.61 Å². The molecule has 4 heteroatoms. The van der Waals surface area contributed by atoms with Gasteiger partial charge in [-0.2, -0.15) is 5.26 Å². The number of hydrogen-bond donors (Lipinski definition) is 1. The van der Waals surface area contributed by atoms with Crippen LogP contribution in [0, 0.1) is 29.5 Å². The summed E-state index contributed by atoms with van der Waals surface area (Å²) in [5, 5.41) is 19.8.